The number of amides is 1. The SMILES string of the molecule is CCCCC/C=C\C=C/CCCCCCCCCCCC(O)C(=O)NC(CS(=O)(=O)O)C(O)CCCCCCCCC. The molecule has 0 heterocycles. The second-order valence-electron chi connectivity index (χ2n) is 12.0. The molecular weight excluding hydrogens is 550 g/mol. The van der Waals surface area contributed by atoms with Gasteiger partial charge in [-0.25, -0.2) is 0 Å². The van der Waals surface area contributed by atoms with Crippen molar-refractivity contribution >= 4 is 16.0 Å². The molecule has 0 aromatic carbocycles. The molecule has 0 fully saturated rings. The number of rotatable bonds is 30. The molecule has 8 heteroatoms. The van der Waals surface area contributed by atoms with Gasteiger partial charge in [0, 0.05) is 0 Å². The molecule has 0 aliphatic heterocycles. The van der Waals surface area contributed by atoms with Crippen LogP contribution in [0.5, 0.6) is 0 Å². The second kappa shape index (κ2) is 28.5. The van der Waals surface area contributed by atoms with Crippen LogP contribution in [0.25, 0.3) is 0 Å². The van der Waals surface area contributed by atoms with Gasteiger partial charge in [-0.3, -0.25) is 9.35 Å². The lowest BCUT2D eigenvalue weighted by molar-refractivity contribution is -0.131. The van der Waals surface area contributed by atoms with Gasteiger partial charge in [0.1, 0.15) is 6.10 Å². The molecule has 4 N–H and O–H groups in total. The largest absolute Gasteiger partial charge is 0.391 e. The molecule has 248 valence electrons. The Morgan fingerprint density at radius 3 is 1.55 bits per heavy atom. The van der Waals surface area contributed by atoms with Crippen LogP contribution in [0.4, 0.5) is 0 Å². The van der Waals surface area contributed by atoms with E-state index >= 15 is 0 Å². The van der Waals surface area contributed by atoms with Crippen LogP contribution in [0.2, 0.25) is 0 Å². The van der Waals surface area contributed by atoms with Crippen LogP contribution < -0.4 is 5.32 Å². The van der Waals surface area contributed by atoms with Crippen LogP contribution in [-0.2, 0) is 14.9 Å². The van der Waals surface area contributed by atoms with E-state index in [4.69, 9.17) is 0 Å². The maximum absolute atomic E-state index is 12.5. The molecule has 3 atom stereocenters. The van der Waals surface area contributed by atoms with Crippen LogP contribution in [0, 0.1) is 0 Å². The molecule has 0 aliphatic rings. The molecule has 0 saturated heterocycles. The lowest BCUT2D eigenvalue weighted by Gasteiger charge is -2.24. The van der Waals surface area contributed by atoms with Gasteiger partial charge in [-0.15, -0.1) is 0 Å². The molecule has 0 aromatic rings. The summed E-state index contributed by atoms with van der Waals surface area (Å²) in [5, 5.41) is 23.3. The molecule has 7 nitrogen and oxygen atoms in total. The van der Waals surface area contributed by atoms with Crippen molar-refractivity contribution in [2.45, 2.75) is 180 Å². The van der Waals surface area contributed by atoms with Crippen LogP contribution in [0.1, 0.15) is 162 Å². The molecule has 0 aliphatic carbocycles. The second-order valence-corrected chi connectivity index (χ2v) is 13.5. The highest BCUT2D eigenvalue weighted by atomic mass is 32.2. The highest BCUT2D eigenvalue weighted by molar-refractivity contribution is 7.85. The van der Waals surface area contributed by atoms with Crippen molar-refractivity contribution < 1.29 is 28.0 Å². The van der Waals surface area contributed by atoms with E-state index in [1.165, 1.54) is 77.0 Å². The number of nitrogens with one attached hydrogen (secondary N) is 1. The van der Waals surface area contributed by atoms with E-state index in [9.17, 15) is 28.0 Å². The summed E-state index contributed by atoms with van der Waals surface area (Å²) in [5.74, 6) is -1.46. The zero-order chi connectivity index (χ0) is 31.3. The van der Waals surface area contributed by atoms with Gasteiger partial charge in [-0.1, -0.05) is 147 Å². The van der Waals surface area contributed by atoms with Gasteiger partial charge >= 0.3 is 0 Å². The van der Waals surface area contributed by atoms with Crippen molar-refractivity contribution in [2.75, 3.05) is 5.75 Å². The molecule has 42 heavy (non-hydrogen) atoms. The van der Waals surface area contributed by atoms with Crippen LogP contribution in [0.3, 0.4) is 0 Å². The van der Waals surface area contributed by atoms with E-state index < -0.39 is 40.0 Å². The summed E-state index contributed by atoms with van der Waals surface area (Å²) in [6, 6.07) is -1.14. The fraction of sp³-hybridized carbons (Fsp3) is 0.853. The zero-order valence-corrected chi connectivity index (χ0v) is 27.8. The van der Waals surface area contributed by atoms with E-state index in [0.717, 1.165) is 44.9 Å². The Balaban J connectivity index is 3.99. The lowest BCUT2D eigenvalue weighted by atomic mass is 10.0. The van der Waals surface area contributed by atoms with Gasteiger partial charge in [0.2, 0.25) is 5.91 Å². The van der Waals surface area contributed by atoms with Gasteiger partial charge in [-0.05, 0) is 38.5 Å². The van der Waals surface area contributed by atoms with Crippen LogP contribution in [0.15, 0.2) is 24.3 Å². The van der Waals surface area contributed by atoms with Crippen molar-refractivity contribution in [3.63, 3.8) is 0 Å². The fourth-order valence-electron chi connectivity index (χ4n) is 5.10. The Morgan fingerprint density at radius 2 is 1.05 bits per heavy atom. The summed E-state index contributed by atoms with van der Waals surface area (Å²) in [7, 11) is -4.39. The first-order valence-electron chi connectivity index (χ1n) is 17.1. The van der Waals surface area contributed by atoms with E-state index in [-0.39, 0.29) is 0 Å². The first-order valence-corrected chi connectivity index (χ1v) is 18.8. The minimum atomic E-state index is -4.39. The molecule has 0 rings (SSSR count). The van der Waals surface area contributed by atoms with E-state index in [1.54, 1.807) is 0 Å². The maximum Gasteiger partial charge on any atom is 0.266 e. The Kier molecular flexibility index (Phi) is 27.7. The van der Waals surface area contributed by atoms with Gasteiger partial charge in [0.25, 0.3) is 10.1 Å². The molecular formula is C34H65NO6S. The molecule has 0 saturated carbocycles. The number of aliphatic hydroxyl groups is 2. The number of carbonyl (C=O) groups excluding carboxylic acids is 1. The zero-order valence-electron chi connectivity index (χ0n) is 27.0. The summed E-state index contributed by atoms with van der Waals surface area (Å²) in [6.45, 7) is 4.39. The number of hydrogen-bond acceptors (Lipinski definition) is 5. The first kappa shape index (κ1) is 40.8. The van der Waals surface area contributed by atoms with E-state index in [1.807, 2.05) is 0 Å². The summed E-state index contributed by atoms with van der Waals surface area (Å²) in [6.07, 6.45) is 30.8. The van der Waals surface area contributed by atoms with Gasteiger partial charge in [-0.2, -0.15) is 8.42 Å². The number of unbranched alkanes of at least 4 members (excludes halogenated alkanes) is 18. The Labute approximate surface area is 258 Å². The smallest absolute Gasteiger partial charge is 0.266 e. The summed E-state index contributed by atoms with van der Waals surface area (Å²) < 4.78 is 32.2. The normalized spacial score (nSPS) is 14.5. The molecule has 0 radical (unpaired) electrons. The Morgan fingerprint density at radius 1 is 0.643 bits per heavy atom. The topological polar surface area (TPSA) is 124 Å². The lowest BCUT2D eigenvalue weighted by Crippen LogP contribution is -2.50. The summed E-state index contributed by atoms with van der Waals surface area (Å²) >= 11 is 0. The van der Waals surface area contributed by atoms with Crippen molar-refractivity contribution in [1.82, 2.24) is 5.32 Å². The van der Waals surface area contributed by atoms with Crippen molar-refractivity contribution in [1.29, 1.82) is 0 Å². The predicted molar refractivity (Wildman–Crippen MR) is 176 cm³/mol. The van der Waals surface area contributed by atoms with Crippen molar-refractivity contribution in [3.05, 3.63) is 24.3 Å². The first-order chi connectivity index (χ1) is 20.2. The van der Waals surface area contributed by atoms with Gasteiger partial charge in [0.05, 0.1) is 17.9 Å². The molecule has 0 aromatic heterocycles. The molecule has 0 bridgehead atoms. The highest BCUT2D eigenvalue weighted by Crippen LogP contribution is 2.15. The maximum atomic E-state index is 12.5. The number of allylic oxidation sites excluding steroid dienone is 4. The van der Waals surface area contributed by atoms with Crippen molar-refractivity contribution in [3.8, 4) is 0 Å². The van der Waals surface area contributed by atoms with Crippen molar-refractivity contribution in [2.24, 2.45) is 0 Å². The quantitative estimate of drug-likeness (QED) is 0.0367. The number of carbonyl (C=O) groups is 1. The van der Waals surface area contributed by atoms with Gasteiger partial charge in [0.15, 0.2) is 0 Å². The highest BCUT2D eigenvalue weighted by Gasteiger charge is 2.28. The Hall–Kier alpha value is -1.22. The number of aliphatic hydroxyl groups excluding tert-OH is 2. The average Bonchev–Trinajstić information content (AvgIpc) is 2.94. The monoisotopic (exact) mass is 615 g/mol. The predicted octanol–water partition coefficient (Wildman–Crippen LogP) is 8.21. The third-order valence-corrected chi connectivity index (χ3v) is 8.57. The number of hydrogen-bond donors (Lipinski definition) is 4. The molecule has 3 unspecified atom stereocenters. The fourth-order valence-corrected chi connectivity index (χ4v) is 5.86. The summed E-state index contributed by atoms with van der Waals surface area (Å²) in [4.78, 5) is 12.5. The minimum absolute atomic E-state index is 0.291. The standard InChI is InChI=1S/C34H65NO6S/c1-3-5-7-9-11-12-13-14-15-16-17-18-19-20-21-23-25-27-29-33(37)34(38)35-31(30-42(39,40)41)32(36)28-26-24-22-10-8-6-4-2/h11-14,31-33,36-37H,3-10,15-30H2,1-2H3,(H,35,38)(H,39,40,41)/b12-11-,14-13-. The molecule has 1 amide bonds. The van der Waals surface area contributed by atoms with Crippen LogP contribution in [-0.4, -0.2) is 53.1 Å². The van der Waals surface area contributed by atoms with Crippen LogP contribution >= 0.6 is 0 Å². The van der Waals surface area contributed by atoms with Gasteiger partial charge < -0.3 is 15.5 Å². The molecule has 0 spiro atoms. The minimum Gasteiger partial charge on any atom is -0.391 e. The third kappa shape index (κ3) is 27.6. The van der Waals surface area contributed by atoms with E-state index in [2.05, 4.69) is 43.5 Å². The van der Waals surface area contributed by atoms with E-state index in [0.29, 0.717) is 25.7 Å². The summed E-state index contributed by atoms with van der Waals surface area (Å²) in [5.41, 5.74) is 0. The Bertz CT molecular complexity index is 783. The third-order valence-electron chi connectivity index (χ3n) is 7.79. The average molecular weight is 616 g/mol.